The molecule has 2 aromatic heterocycles. The fourth-order valence-electron chi connectivity index (χ4n) is 3.61. The van der Waals surface area contributed by atoms with Gasteiger partial charge in [-0.2, -0.15) is 0 Å². The maximum Gasteiger partial charge on any atom is 2.00 e. The van der Waals surface area contributed by atoms with Gasteiger partial charge in [0.2, 0.25) is 11.8 Å². The van der Waals surface area contributed by atoms with E-state index in [0.717, 1.165) is 33.3 Å². The molecule has 6 nitrogen and oxygen atoms in total. The van der Waals surface area contributed by atoms with E-state index in [0.29, 0.717) is 22.9 Å². The summed E-state index contributed by atoms with van der Waals surface area (Å²) in [5.41, 5.74) is 6.57. The van der Waals surface area contributed by atoms with E-state index in [1.54, 1.807) is 36.4 Å². The molecule has 0 atom stereocenters. The number of nitrogens with zero attached hydrogens (tertiary/aromatic N) is 2. The van der Waals surface area contributed by atoms with Gasteiger partial charge in [-0.1, -0.05) is 36.4 Å². The number of para-hydroxylation sites is 2. The Labute approximate surface area is 208 Å². The van der Waals surface area contributed by atoms with Crippen molar-refractivity contribution in [3.63, 3.8) is 0 Å². The molecule has 2 heterocycles. The van der Waals surface area contributed by atoms with E-state index in [4.69, 9.17) is 8.83 Å². The Morgan fingerprint density at radius 3 is 1.40 bits per heavy atom. The second-order valence-corrected chi connectivity index (χ2v) is 8.01. The van der Waals surface area contributed by atoms with Gasteiger partial charge in [0.15, 0.2) is 11.2 Å². The molecule has 0 unspecified atom stereocenters. The summed E-state index contributed by atoms with van der Waals surface area (Å²) in [5.74, 6) is 1.25. The predicted octanol–water partition coefficient (Wildman–Crippen LogP) is 6.86. The molecule has 0 radical (unpaired) electrons. The van der Waals surface area contributed by atoms with Crippen LogP contribution in [0.25, 0.3) is 45.1 Å². The molecular weight excluding hydrogens is 437 g/mol. The summed E-state index contributed by atoms with van der Waals surface area (Å²) in [7, 11) is 0. The minimum Gasteiger partial charge on any atom is -1.00 e. The number of fused-ring (bicyclic) bond motifs is 2. The zero-order valence-electron chi connectivity index (χ0n) is 21.4. The van der Waals surface area contributed by atoms with E-state index in [2.05, 4.69) is 9.97 Å². The molecule has 0 aliphatic heterocycles. The molecule has 0 fully saturated rings. The van der Waals surface area contributed by atoms with Crippen LogP contribution < -0.4 is 0 Å². The van der Waals surface area contributed by atoms with Crippen LogP contribution in [0.4, 0.5) is 0 Å². The maximum absolute atomic E-state index is 9.74. The number of aromatic hydroxyl groups is 2. The largest absolute Gasteiger partial charge is 2.00 e. The molecular formula is C28H24BeN2O4. The molecule has 35 heavy (non-hydrogen) atoms. The average molecular weight is 462 g/mol. The first-order valence-electron chi connectivity index (χ1n) is 10.8. The Bertz CT molecular complexity index is 1510. The van der Waals surface area contributed by atoms with Crippen LogP contribution >= 0.6 is 0 Å². The number of hydrogen-bond donors (Lipinski definition) is 2. The first kappa shape index (κ1) is 23.7. The maximum atomic E-state index is 9.74. The van der Waals surface area contributed by atoms with Gasteiger partial charge in [0, 0.05) is 0 Å². The molecule has 2 N–H and O–H groups in total. The van der Waals surface area contributed by atoms with Crippen LogP contribution in [0.1, 0.15) is 14.0 Å². The predicted molar refractivity (Wildman–Crippen MR) is 140 cm³/mol. The summed E-state index contributed by atoms with van der Waals surface area (Å²) in [4.78, 5) is 8.76. The van der Waals surface area contributed by atoms with Crippen LogP contribution in [0.15, 0.2) is 93.8 Å². The van der Waals surface area contributed by atoms with Crippen molar-refractivity contribution in [2.45, 2.75) is 13.8 Å². The van der Waals surface area contributed by atoms with Crippen molar-refractivity contribution in [3.05, 3.63) is 96.1 Å². The Balaban J connectivity index is 0.000000241. The Kier molecular flexibility index (Phi) is 6.67. The quantitative estimate of drug-likeness (QED) is 0.274. The standard InChI is InChI=1S/2C14H11NO2.Be.2H/c2*1-9-6-7-13-11(8-9)15-14(17-13)10-4-2-3-5-12(10)16;;;/h2*2-8,16H,1H3;;;/q;;+2;2*-1. The van der Waals surface area contributed by atoms with Crippen LogP contribution in [-0.2, 0) is 0 Å². The van der Waals surface area contributed by atoms with Crippen LogP contribution in [0.5, 0.6) is 11.5 Å². The first-order valence-corrected chi connectivity index (χ1v) is 10.8. The summed E-state index contributed by atoms with van der Waals surface area (Å²) in [5, 5.41) is 19.5. The molecule has 0 aliphatic carbocycles. The number of oxazole rings is 2. The zero-order chi connectivity index (χ0) is 23.7. The molecule has 0 amide bonds. The van der Waals surface area contributed by atoms with Gasteiger partial charge in [0.1, 0.15) is 22.5 Å². The average Bonchev–Trinajstić information content (AvgIpc) is 3.43. The van der Waals surface area contributed by atoms with Gasteiger partial charge < -0.3 is 21.9 Å². The van der Waals surface area contributed by atoms with E-state index in [-0.39, 0.29) is 24.5 Å². The fourth-order valence-corrected chi connectivity index (χ4v) is 3.61. The second-order valence-electron chi connectivity index (χ2n) is 8.01. The molecule has 0 aliphatic rings. The van der Waals surface area contributed by atoms with E-state index in [9.17, 15) is 10.2 Å². The minimum absolute atomic E-state index is 0. The van der Waals surface area contributed by atoms with Gasteiger partial charge in [-0.15, -0.1) is 0 Å². The van der Waals surface area contributed by atoms with E-state index >= 15 is 0 Å². The summed E-state index contributed by atoms with van der Waals surface area (Å²) in [6.07, 6.45) is 0. The molecule has 0 spiro atoms. The van der Waals surface area contributed by atoms with Crippen molar-refractivity contribution in [3.8, 4) is 34.4 Å². The minimum atomic E-state index is 0. The SMILES string of the molecule is Cc1ccc2oc(-c3ccccc3O)nc2c1.Cc1ccc2oc(-c3ccccc3O)nc2c1.[Be+2].[H-].[H-]. The van der Waals surface area contributed by atoms with E-state index < -0.39 is 0 Å². The number of hydrogen-bond acceptors (Lipinski definition) is 6. The van der Waals surface area contributed by atoms with Crippen LogP contribution in [0.2, 0.25) is 0 Å². The number of phenols is 2. The monoisotopic (exact) mass is 461 g/mol. The normalized spacial score (nSPS) is 10.6. The van der Waals surface area contributed by atoms with E-state index in [1.807, 2.05) is 62.4 Å². The topological polar surface area (TPSA) is 92.5 Å². The summed E-state index contributed by atoms with van der Waals surface area (Å²) < 4.78 is 11.2. The molecule has 6 aromatic rings. The van der Waals surface area contributed by atoms with Gasteiger partial charge >= 0.3 is 10.1 Å². The molecule has 172 valence electrons. The molecule has 0 saturated carbocycles. The van der Waals surface area contributed by atoms with E-state index in [1.165, 1.54) is 0 Å². The number of aryl methyl sites for hydroxylation is 2. The van der Waals surface area contributed by atoms with Gasteiger partial charge in [-0.3, -0.25) is 0 Å². The van der Waals surface area contributed by atoms with Crippen molar-refractivity contribution in [1.29, 1.82) is 0 Å². The van der Waals surface area contributed by atoms with Gasteiger partial charge in [-0.25, -0.2) is 9.97 Å². The summed E-state index contributed by atoms with van der Waals surface area (Å²) >= 11 is 0. The van der Waals surface area contributed by atoms with Crippen LogP contribution in [0.3, 0.4) is 0 Å². The Morgan fingerprint density at radius 2 is 1.00 bits per heavy atom. The van der Waals surface area contributed by atoms with Gasteiger partial charge in [0.05, 0.1) is 11.1 Å². The second kappa shape index (κ2) is 9.83. The molecule has 7 heteroatoms. The third-order valence-electron chi connectivity index (χ3n) is 5.36. The van der Waals surface area contributed by atoms with Crippen molar-refractivity contribution in [1.82, 2.24) is 9.97 Å². The number of benzene rings is 4. The van der Waals surface area contributed by atoms with Crippen LogP contribution in [0, 0.1) is 13.8 Å². The molecule has 6 rings (SSSR count). The number of aromatic nitrogens is 2. The van der Waals surface area contributed by atoms with Gasteiger partial charge in [-0.05, 0) is 73.5 Å². The number of rotatable bonds is 2. The van der Waals surface area contributed by atoms with Crippen molar-refractivity contribution < 1.29 is 21.9 Å². The zero-order valence-corrected chi connectivity index (χ0v) is 19.4. The molecule has 0 bridgehead atoms. The Morgan fingerprint density at radius 1 is 0.600 bits per heavy atom. The van der Waals surface area contributed by atoms with Crippen molar-refractivity contribution >= 4 is 32.3 Å². The molecule has 4 aromatic carbocycles. The third kappa shape index (κ3) is 4.93. The van der Waals surface area contributed by atoms with Crippen LogP contribution in [-0.4, -0.2) is 30.3 Å². The molecule has 0 saturated heterocycles. The van der Waals surface area contributed by atoms with Crippen molar-refractivity contribution in [2.24, 2.45) is 0 Å². The fraction of sp³-hybridized carbons (Fsp3) is 0.0714. The van der Waals surface area contributed by atoms with Crippen molar-refractivity contribution in [2.75, 3.05) is 0 Å². The summed E-state index contributed by atoms with van der Waals surface area (Å²) in [6, 6.07) is 25.7. The number of phenolic OH excluding ortho intramolecular Hbond substituents is 2. The summed E-state index contributed by atoms with van der Waals surface area (Å²) in [6.45, 7) is 4.02. The van der Waals surface area contributed by atoms with Gasteiger partial charge in [0.25, 0.3) is 0 Å². The smallest absolute Gasteiger partial charge is 1.00 e. The Hall–Kier alpha value is -4.41. The third-order valence-corrected chi connectivity index (χ3v) is 5.36. The first-order chi connectivity index (χ1) is 16.5.